The standard InChI is InChI=1S/C15H11BrFN3S/c1-21-15-19-13(9-2-4-11(17)5-3-9)14(20-15)10-6-7-18-12(16)8-10/h2-8H,1H3,(H,19,20). The van der Waals surface area contributed by atoms with Gasteiger partial charge in [-0.15, -0.1) is 0 Å². The summed E-state index contributed by atoms with van der Waals surface area (Å²) in [5.74, 6) is -0.253. The molecule has 0 amide bonds. The van der Waals surface area contributed by atoms with Gasteiger partial charge in [-0.05, 0) is 58.6 Å². The Morgan fingerprint density at radius 1 is 1.14 bits per heavy atom. The molecule has 2 heterocycles. The summed E-state index contributed by atoms with van der Waals surface area (Å²) in [7, 11) is 0. The van der Waals surface area contributed by atoms with Gasteiger partial charge >= 0.3 is 0 Å². The third-order valence-electron chi connectivity index (χ3n) is 3.01. The summed E-state index contributed by atoms with van der Waals surface area (Å²) in [6.45, 7) is 0. The van der Waals surface area contributed by atoms with E-state index in [0.29, 0.717) is 0 Å². The fourth-order valence-corrected chi connectivity index (χ4v) is 2.78. The summed E-state index contributed by atoms with van der Waals surface area (Å²) >= 11 is 4.90. The van der Waals surface area contributed by atoms with Gasteiger partial charge in [0, 0.05) is 17.3 Å². The molecule has 0 radical (unpaired) electrons. The van der Waals surface area contributed by atoms with Crippen LogP contribution in [0.2, 0.25) is 0 Å². The van der Waals surface area contributed by atoms with Crippen molar-refractivity contribution in [3.8, 4) is 22.5 Å². The lowest BCUT2D eigenvalue weighted by atomic mass is 10.1. The minimum atomic E-state index is -0.253. The van der Waals surface area contributed by atoms with Crippen LogP contribution in [0.3, 0.4) is 0 Å². The highest BCUT2D eigenvalue weighted by Gasteiger charge is 2.14. The molecule has 1 N–H and O–H groups in total. The third-order valence-corrected chi connectivity index (χ3v) is 4.02. The molecule has 3 nitrogen and oxygen atoms in total. The summed E-state index contributed by atoms with van der Waals surface area (Å²) in [6, 6.07) is 10.2. The predicted octanol–water partition coefficient (Wildman–Crippen LogP) is 4.76. The molecule has 0 aliphatic heterocycles. The maximum atomic E-state index is 13.1. The molecule has 0 aliphatic rings. The number of nitrogens with zero attached hydrogens (tertiary/aromatic N) is 2. The van der Waals surface area contributed by atoms with E-state index in [4.69, 9.17) is 0 Å². The molecule has 3 aromatic rings. The Bertz CT molecular complexity index is 771. The Kier molecular flexibility index (Phi) is 4.07. The van der Waals surface area contributed by atoms with Crippen LogP contribution >= 0.6 is 27.7 Å². The summed E-state index contributed by atoms with van der Waals surface area (Å²) in [6.07, 6.45) is 3.68. The molecule has 3 rings (SSSR count). The first-order valence-electron chi connectivity index (χ1n) is 6.19. The smallest absolute Gasteiger partial charge is 0.166 e. The number of pyridine rings is 1. The molecule has 0 saturated carbocycles. The van der Waals surface area contributed by atoms with E-state index < -0.39 is 0 Å². The molecule has 0 aliphatic carbocycles. The van der Waals surface area contributed by atoms with Crippen molar-refractivity contribution in [3.63, 3.8) is 0 Å². The van der Waals surface area contributed by atoms with Crippen LogP contribution in [0.25, 0.3) is 22.5 Å². The number of H-pyrrole nitrogens is 1. The summed E-state index contributed by atoms with van der Waals surface area (Å²) in [5, 5.41) is 0.817. The van der Waals surface area contributed by atoms with Crippen LogP contribution in [0.5, 0.6) is 0 Å². The van der Waals surface area contributed by atoms with Crippen LogP contribution in [-0.4, -0.2) is 21.2 Å². The number of hydrogen-bond acceptors (Lipinski definition) is 3. The highest BCUT2D eigenvalue weighted by Crippen LogP contribution is 2.32. The van der Waals surface area contributed by atoms with Crippen LogP contribution in [0.15, 0.2) is 52.4 Å². The van der Waals surface area contributed by atoms with E-state index >= 15 is 0 Å². The Morgan fingerprint density at radius 2 is 1.90 bits per heavy atom. The molecular weight excluding hydrogens is 353 g/mol. The van der Waals surface area contributed by atoms with Crippen LogP contribution in [-0.2, 0) is 0 Å². The van der Waals surface area contributed by atoms with Crippen molar-refractivity contribution in [2.24, 2.45) is 0 Å². The Labute approximate surface area is 134 Å². The van der Waals surface area contributed by atoms with E-state index in [1.165, 1.54) is 23.9 Å². The van der Waals surface area contributed by atoms with E-state index in [1.54, 1.807) is 18.3 Å². The molecule has 0 spiro atoms. The normalized spacial score (nSPS) is 10.8. The van der Waals surface area contributed by atoms with Crippen molar-refractivity contribution >= 4 is 27.7 Å². The van der Waals surface area contributed by atoms with Crippen molar-refractivity contribution < 1.29 is 4.39 Å². The highest BCUT2D eigenvalue weighted by atomic mass is 79.9. The van der Waals surface area contributed by atoms with Crippen LogP contribution < -0.4 is 0 Å². The topological polar surface area (TPSA) is 41.6 Å². The maximum absolute atomic E-state index is 13.1. The molecule has 106 valence electrons. The van der Waals surface area contributed by atoms with Gasteiger partial charge in [-0.1, -0.05) is 11.8 Å². The van der Waals surface area contributed by atoms with Gasteiger partial charge in [0.2, 0.25) is 0 Å². The zero-order valence-electron chi connectivity index (χ0n) is 11.1. The monoisotopic (exact) mass is 363 g/mol. The van der Waals surface area contributed by atoms with Gasteiger partial charge in [0.15, 0.2) is 5.16 Å². The summed E-state index contributed by atoms with van der Waals surface area (Å²) < 4.78 is 13.9. The number of imidazole rings is 1. The lowest BCUT2D eigenvalue weighted by Crippen LogP contribution is -1.85. The largest absolute Gasteiger partial charge is 0.332 e. The minimum absolute atomic E-state index is 0.253. The zero-order chi connectivity index (χ0) is 14.8. The Hall–Kier alpha value is -1.66. The average molecular weight is 364 g/mol. The molecule has 0 atom stereocenters. The molecular formula is C15H11BrFN3S. The first kappa shape index (κ1) is 14.3. The lowest BCUT2D eigenvalue weighted by molar-refractivity contribution is 0.628. The fourth-order valence-electron chi connectivity index (χ4n) is 2.03. The first-order valence-corrected chi connectivity index (χ1v) is 8.21. The second-order valence-electron chi connectivity index (χ2n) is 4.34. The highest BCUT2D eigenvalue weighted by molar-refractivity contribution is 9.10. The molecule has 0 fully saturated rings. The summed E-state index contributed by atoms with van der Waals surface area (Å²) in [4.78, 5) is 12.0. The van der Waals surface area contributed by atoms with Crippen molar-refractivity contribution in [1.82, 2.24) is 15.0 Å². The van der Waals surface area contributed by atoms with Crippen LogP contribution in [0.4, 0.5) is 4.39 Å². The van der Waals surface area contributed by atoms with E-state index in [0.717, 1.165) is 32.3 Å². The second-order valence-corrected chi connectivity index (χ2v) is 5.95. The number of aromatic nitrogens is 3. The molecule has 21 heavy (non-hydrogen) atoms. The van der Waals surface area contributed by atoms with E-state index in [2.05, 4.69) is 30.9 Å². The molecule has 0 bridgehead atoms. The van der Waals surface area contributed by atoms with Crippen LogP contribution in [0.1, 0.15) is 0 Å². The first-order chi connectivity index (χ1) is 10.2. The molecule has 2 aromatic heterocycles. The van der Waals surface area contributed by atoms with Crippen molar-refractivity contribution in [2.75, 3.05) is 6.26 Å². The minimum Gasteiger partial charge on any atom is -0.332 e. The Balaban J connectivity index is 2.16. The average Bonchev–Trinajstić information content (AvgIpc) is 2.92. The molecule has 1 aromatic carbocycles. The zero-order valence-corrected chi connectivity index (χ0v) is 13.5. The van der Waals surface area contributed by atoms with E-state index in [1.807, 2.05) is 18.4 Å². The maximum Gasteiger partial charge on any atom is 0.166 e. The van der Waals surface area contributed by atoms with Crippen molar-refractivity contribution in [3.05, 3.63) is 53.0 Å². The second kappa shape index (κ2) is 5.99. The molecule has 0 saturated heterocycles. The quantitative estimate of drug-likeness (QED) is 0.538. The lowest BCUT2D eigenvalue weighted by Gasteiger charge is -2.03. The Morgan fingerprint density at radius 3 is 2.57 bits per heavy atom. The van der Waals surface area contributed by atoms with Gasteiger partial charge in [0.05, 0.1) is 11.4 Å². The molecule has 0 unspecified atom stereocenters. The van der Waals surface area contributed by atoms with E-state index in [9.17, 15) is 4.39 Å². The van der Waals surface area contributed by atoms with Gasteiger partial charge < -0.3 is 4.98 Å². The van der Waals surface area contributed by atoms with Gasteiger partial charge in [0.1, 0.15) is 10.4 Å². The molecule has 6 heteroatoms. The van der Waals surface area contributed by atoms with Gasteiger partial charge in [-0.3, -0.25) is 0 Å². The SMILES string of the molecule is CSc1nc(-c2ccnc(Br)c2)c(-c2ccc(F)cc2)[nH]1. The number of aromatic amines is 1. The van der Waals surface area contributed by atoms with Crippen molar-refractivity contribution in [2.45, 2.75) is 5.16 Å². The van der Waals surface area contributed by atoms with Gasteiger partial charge in [0.25, 0.3) is 0 Å². The van der Waals surface area contributed by atoms with Gasteiger partial charge in [-0.2, -0.15) is 0 Å². The van der Waals surface area contributed by atoms with E-state index in [-0.39, 0.29) is 5.82 Å². The number of benzene rings is 1. The number of thioether (sulfide) groups is 1. The number of rotatable bonds is 3. The number of nitrogens with one attached hydrogen (secondary N) is 1. The predicted molar refractivity (Wildman–Crippen MR) is 86.7 cm³/mol. The fraction of sp³-hybridized carbons (Fsp3) is 0.0667. The van der Waals surface area contributed by atoms with Crippen LogP contribution in [0, 0.1) is 5.82 Å². The third kappa shape index (κ3) is 3.01. The summed E-state index contributed by atoms with van der Waals surface area (Å²) in [5.41, 5.74) is 3.55. The van der Waals surface area contributed by atoms with Crippen molar-refractivity contribution in [1.29, 1.82) is 0 Å². The number of halogens is 2. The number of hydrogen-bond donors (Lipinski definition) is 1. The van der Waals surface area contributed by atoms with Gasteiger partial charge in [-0.25, -0.2) is 14.4 Å².